The fraction of sp³-hybridized carbons (Fsp3) is 0.250. The van der Waals surface area contributed by atoms with Gasteiger partial charge in [-0.25, -0.2) is 14.4 Å². The standard InChI is InChI=1S/C12H12O7/c1-12(18,8(13)9(14)15)11(17)19-10(16)7-5-3-2-4-6-7/h2-6,8,13,18H,1H3,(H,14,15). The Morgan fingerprint density at radius 2 is 1.74 bits per heavy atom. The Kier molecular flexibility index (Phi) is 4.36. The number of carbonyl (C=O) groups is 3. The second-order valence-corrected chi connectivity index (χ2v) is 3.93. The zero-order valence-corrected chi connectivity index (χ0v) is 9.94. The highest BCUT2D eigenvalue weighted by Crippen LogP contribution is 2.14. The molecule has 19 heavy (non-hydrogen) atoms. The first kappa shape index (κ1) is 14.8. The van der Waals surface area contributed by atoms with Crippen molar-refractivity contribution in [2.24, 2.45) is 0 Å². The number of benzene rings is 1. The molecule has 0 saturated carbocycles. The zero-order chi connectivity index (χ0) is 14.6. The van der Waals surface area contributed by atoms with Crippen molar-refractivity contribution in [1.29, 1.82) is 0 Å². The number of carboxylic acids is 1. The van der Waals surface area contributed by atoms with E-state index in [1.807, 2.05) is 0 Å². The molecule has 0 aliphatic heterocycles. The van der Waals surface area contributed by atoms with Gasteiger partial charge < -0.3 is 20.1 Å². The van der Waals surface area contributed by atoms with E-state index in [1.54, 1.807) is 6.07 Å². The van der Waals surface area contributed by atoms with E-state index in [-0.39, 0.29) is 5.56 Å². The van der Waals surface area contributed by atoms with Crippen LogP contribution in [0.15, 0.2) is 30.3 Å². The van der Waals surface area contributed by atoms with E-state index in [0.717, 1.165) is 6.92 Å². The number of hydrogen-bond acceptors (Lipinski definition) is 6. The first-order valence-electron chi connectivity index (χ1n) is 5.21. The summed E-state index contributed by atoms with van der Waals surface area (Å²) in [4.78, 5) is 33.5. The lowest BCUT2D eigenvalue weighted by Crippen LogP contribution is -2.52. The number of aliphatic hydroxyl groups excluding tert-OH is 1. The molecule has 102 valence electrons. The van der Waals surface area contributed by atoms with Crippen molar-refractivity contribution in [3.63, 3.8) is 0 Å². The molecule has 0 fully saturated rings. The molecule has 0 amide bonds. The number of aliphatic carboxylic acids is 1. The van der Waals surface area contributed by atoms with Crippen LogP contribution < -0.4 is 0 Å². The minimum atomic E-state index is -2.73. The Hall–Kier alpha value is -2.25. The minimum Gasteiger partial charge on any atom is -0.479 e. The van der Waals surface area contributed by atoms with Gasteiger partial charge in [0.05, 0.1) is 5.56 Å². The summed E-state index contributed by atoms with van der Waals surface area (Å²) in [7, 11) is 0. The average Bonchev–Trinajstić information content (AvgIpc) is 2.38. The monoisotopic (exact) mass is 268 g/mol. The van der Waals surface area contributed by atoms with Gasteiger partial charge in [-0.3, -0.25) is 0 Å². The van der Waals surface area contributed by atoms with E-state index in [4.69, 9.17) is 10.2 Å². The molecular weight excluding hydrogens is 256 g/mol. The summed E-state index contributed by atoms with van der Waals surface area (Å²) in [6.07, 6.45) is -2.40. The van der Waals surface area contributed by atoms with Crippen LogP contribution in [0.2, 0.25) is 0 Å². The number of ether oxygens (including phenoxy) is 1. The predicted molar refractivity (Wildman–Crippen MR) is 61.1 cm³/mol. The lowest BCUT2D eigenvalue weighted by molar-refractivity contribution is -0.180. The Balaban J connectivity index is 2.80. The van der Waals surface area contributed by atoms with Crippen LogP contribution in [0.4, 0.5) is 0 Å². The first-order chi connectivity index (χ1) is 8.76. The summed E-state index contributed by atoms with van der Waals surface area (Å²) < 4.78 is 4.32. The van der Waals surface area contributed by atoms with Crippen molar-refractivity contribution in [1.82, 2.24) is 0 Å². The van der Waals surface area contributed by atoms with Crippen molar-refractivity contribution >= 4 is 17.9 Å². The van der Waals surface area contributed by atoms with Gasteiger partial charge >= 0.3 is 17.9 Å². The number of carbonyl (C=O) groups excluding carboxylic acids is 2. The average molecular weight is 268 g/mol. The smallest absolute Gasteiger partial charge is 0.349 e. The highest BCUT2D eigenvalue weighted by Gasteiger charge is 2.45. The summed E-state index contributed by atoms with van der Waals surface area (Å²) >= 11 is 0. The number of esters is 2. The summed E-state index contributed by atoms with van der Waals surface area (Å²) in [5, 5.41) is 27.2. The Labute approximate surface area is 108 Å². The number of aliphatic hydroxyl groups is 2. The van der Waals surface area contributed by atoms with Gasteiger partial charge in [-0.1, -0.05) is 18.2 Å². The van der Waals surface area contributed by atoms with Gasteiger partial charge in [-0.05, 0) is 19.1 Å². The lowest BCUT2D eigenvalue weighted by atomic mass is 10.00. The number of carboxylic acid groups (broad SMARTS) is 1. The molecule has 2 atom stereocenters. The largest absolute Gasteiger partial charge is 0.479 e. The molecule has 7 heteroatoms. The fourth-order valence-electron chi connectivity index (χ4n) is 1.17. The van der Waals surface area contributed by atoms with Crippen LogP contribution in [0, 0.1) is 0 Å². The molecule has 1 aromatic carbocycles. The summed E-state index contributed by atoms with van der Waals surface area (Å²) in [5.74, 6) is -4.41. The Morgan fingerprint density at radius 1 is 1.21 bits per heavy atom. The van der Waals surface area contributed by atoms with E-state index >= 15 is 0 Å². The third-order valence-corrected chi connectivity index (χ3v) is 2.37. The van der Waals surface area contributed by atoms with Gasteiger partial charge in [-0.15, -0.1) is 0 Å². The maximum Gasteiger partial charge on any atom is 0.349 e. The molecule has 2 unspecified atom stereocenters. The zero-order valence-electron chi connectivity index (χ0n) is 9.94. The van der Waals surface area contributed by atoms with Crippen molar-refractivity contribution in [2.75, 3.05) is 0 Å². The molecule has 0 spiro atoms. The minimum absolute atomic E-state index is 0.0523. The van der Waals surface area contributed by atoms with Gasteiger partial charge in [0.1, 0.15) is 0 Å². The molecule has 0 aliphatic rings. The fourth-order valence-corrected chi connectivity index (χ4v) is 1.17. The van der Waals surface area contributed by atoms with Crippen LogP contribution in [0.1, 0.15) is 17.3 Å². The summed E-state index contributed by atoms with van der Waals surface area (Å²) in [6, 6.07) is 7.45. The maximum absolute atomic E-state index is 11.5. The molecule has 0 aliphatic carbocycles. The lowest BCUT2D eigenvalue weighted by Gasteiger charge is -2.23. The maximum atomic E-state index is 11.5. The van der Waals surface area contributed by atoms with Gasteiger partial charge in [0, 0.05) is 0 Å². The molecule has 0 bridgehead atoms. The van der Waals surface area contributed by atoms with Gasteiger partial charge in [0.15, 0.2) is 11.7 Å². The van der Waals surface area contributed by atoms with E-state index in [1.165, 1.54) is 24.3 Å². The number of rotatable bonds is 4. The van der Waals surface area contributed by atoms with Crippen LogP contribution >= 0.6 is 0 Å². The van der Waals surface area contributed by atoms with Crippen molar-refractivity contribution in [3.05, 3.63) is 35.9 Å². The molecular formula is C12H12O7. The Morgan fingerprint density at radius 3 is 2.21 bits per heavy atom. The summed E-state index contributed by atoms with van der Waals surface area (Å²) in [6.45, 7) is 0.742. The second-order valence-electron chi connectivity index (χ2n) is 3.93. The van der Waals surface area contributed by atoms with Crippen LogP contribution in [-0.4, -0.2) is 44.9 Å². The predicted octanol–water partition coefficient (Wildman–Crippen LogP) is -0.434. The van der Waals surface area contributed by atoms with Crippen LogP contribution in [0.5, 0.6) is 0 Å². The topological polar surface area (TPSA) is 121 Å². The first-order valence-corrected chi connectivity index (χ1v) is 5.21. The second kappa shape index (κ2) is 5.59. The normalized spacial score (nSPS) is 15.1. The van der Waals surface area contributed by atoms with Crippen LogP contribution in [0.3, 0.4) is 0 Å². The Bertz CT molecular complexity index is 492. The molecule has 0 radical (unpaired) electrons. The molecule has 3 N–H and O–H groups in total. The quantitative estimate of drug-likeness (QED) is 0.500. The van der Waals surface area contributed by atoms with Gasteiger partial charge in [-0.2, -0.15) is 0 Å². The van der Waals surface area contributed by atoms with Gasteiger partial charge in [0.2, 0.25) is 0 Å². The molecule has 0 saturated heterocycles. The van der Waals surface area contributed by atoms with Gasteiger partial charge in [0.25, 0.3) is 0 Å². The van der Waals surface area contributed by atoms with E-state index < -0.39 is 29.6 Å². The highest BCUT2D eigenvalue weighted by molar-refractivity contribution is 6.00. The van der Waals surface area contributed by atoms with Crippen molar-refractivity contribution in [2.45, 2.75) is 18.6 Å². The molecule has 1 rings (SSSR count). The van der Waals surface area contributed by atoms with E-state index in [9.17, 15) is 19.5 Å². The van der Waals surface area contributed by atoms with Crippen LogP contribution in [-0.2, 0) is 14.3 Å². The number of hydrogen-bond donors (Lipinski definition) is 3. The molecule has 0 aromatic heterocycles. The van der Waals surface area contributed by atoms with E-state index in [0.29, 0.717) is 0 Å². The summed E-state index contributed by atoms with van der Waals surface area (Å²) in [5.41, 5.74) is -2.67. The SMILES string of the molecule is CC(O)(C(=O)OC(=O)c1ccccc1)C(O)C(=O)O. The molecule has 7 nitrogen and oxygen atoms in total. The third kappa shape index (κ3) is 3.36. The van der Waals surface area contributed by atoms with Crippen molar-refractivity contribution < 1.29 is 34.4 Å². The van der Waals surface area contributed by atoms with E-state index in [2.05, 4.69) is 4.74 Å². The third-order valence-electron chi connectivity index (χ3n) is 2.37. The van der Waals surface area contributed by atoms with Crippen molar-refractivity contribution in [3.8, 4) is 0 Å². The molecule has 1 aromatic rings. The molecule has 0 heterocycles. The highest BCUT2D eigenvalue weighted by atomic mass is 16.6. The van der Waals surface area contributed by atoms with Crippen LogP contribution in [0.25, 0.3) is 0 Å².